The van der Waals surface area contributed by atoms with Crippen LogP contribution in [0.5, 0.6) is 5.75 Å². The van der Waals surface area contributed by atoms with Gasteiger partial charge in [0.25, 0.3) is 0 Å². The average Bonchev–Trinajstić information content (AvgIpc) is 3.00. The summed E-state index contributed by atoms with van der Waals surface area (Å²) in [5.41, 5.74) is 2.31. The molecule has 0 N–H and O–H groups in total. The second-order valence-corrected chi connectivity index (χ2v) is 6.82. The molecule has 1 amide bonds. The van der Waals surface area contributed by atoms with E-state index in [-0.39, 0.29) is 5.91 Å². The van der Waals surface area contributed by atoms with Crippen molar-refractivity contribution in [2.45, 2.75) is 20.3 Å². The number of fused-ring (bicyclic) bond motifs is 1. The largest absolute Gasteiger partial charge is 0.493 e. The number of amides is 1. The van der Waals surface area contributed by atoms with Crippen LogP contribution in [0.25, 0.3) is 6.08 Å². The van der Waals surface area contributed by atoms with Crippen LogP contribution in [-0.4, -0.2) is 55.0 Å². The van der Waals surface area contributed by atoms with E-state index in [1.807, 2.05) is 23.1 Å². The summed E-state index contributed by atoms with van der Waals surface area (Å²) in [6.07, 6.45) is 4.58. The van der Waals surface area contributed by atoms with Gasteiger partial charge in [0.2, 0.25) is 5.91 Å². The molecule has 2 heterocycles. The first-order chi connectivity index (χ1) is 11.1. The zero-order valence-corrected chi connectivity index (χ0v) is 14.1. The van der Waals surface area contributed by atoms with Crippen LogP contribution in [0.15, 0.2) is 24.3 Å². The van der Waals surface area contributed by atoms with E-state index in [2.05, 4.69) is 24.8 Å². The van der Waals surface area contributed by atoms with E-state index < -0.39 is 0 Å². The van der Waals surface area contributed by atoms with E-state index in [1.165, 1.54) is 5.56 Å². The Morgan fingerprint density at radius 3 is 2.78 bits per heavy atom. The van der Waals surface area contributed by atoms with Crippen LogP contribution in [0.3, 0.4) is 0 Å². The molecule has 2 aliphatic rings. The summed E-state index contributed by atoms with van der Waals surface area (Å²) in [6.45, 7) is 9.98. The van der Waals surface area contributed by atoms with Crippen molar-refractivity contribution in [2.75, 3.05) is 39.3 Å². The highest BCUT2D eigenvalue weighted by atomic mass is 16.5. The van der Waals surface area contributed by atoms with Crippen molar-refractivity contribution in [1.29, 1.82) is 0 Å². The number of hydrogen-bond donors (Lipinski definition) is 0. The number of nitrogens with zero attached hydrogens (tertiary/aromatic N) is 2. The van der Waals surface area contributed by atoms with Gasteiger partial charge in [-0.25, -0.2) is 0 Å². The smallest absolute Gasteiger partial charge is 0.246 e. The van der Waals surface area contributed by atoms with E-state index in [9.17, 15) is 4.79 Å². The summed E-state index contributed by atoms with van der Waals surface area (Å²) < 4.78 is 5.51. The maximum atomic E-state index is 12.3. The molecule has 0 unspecified atom stereocenters. The second kappa shape index (κ2) is 7.18. The quantitative estimate of drug-likeness (QED) is 0.800. The molecule has 4 heteroatoms. The molecule has 1 fully saturated rings. The van der Waals surface area contributed by atoms with Crippen molar-refractivity contribution in [2.24, 2.45) is 5.92 Å². The Bertz CT molecular complexity index is 587. The first-order valence-corrected chi connectivity index (χ1v) is 8.57. The molecule has 0 radical (unpaired) electrons. The Labute approximate surface area is 138 Å². The first kappa shape index (κ1) is 16.1. The Kier molecular flexibility index (Phi) is 5.01. The van der Waals surface area contributed by atoms with Gasteiger partial charge in [0.1, 0.15) is 5.75 Å². The molecule has 1 aromatic carbocycles. The van der Waals surface area contributed by atoms with Gasteiger partial charge in [-0.15, -0.1) is 0 Å². The summed E-state index contributed by atoms with van der Waals surface area (Å²) in [5, 5.41) is 0. The summed E-state index contributed by atoms with van der Waals surface area (Å²) in [6, 6.07) is 6.12. The number of benzene rings is 1. The number of piperazine rings is 1. The van der Waals surface area contributed by atoms with E-state index in [0.29, 0.717) is 5.92 Å². The van der Waals surface area contributed by atoms with Crippen LogP contribution in [0.2, 0.25) is 0 Å². The number of carbonyl (C=O) groups is 1. The molecule has 0 bridgehead atoms. The monoisotopic (exact) mass is 314 g/mol. The fourth-order valence-electron chi connectivity index (χ4n) is 3.25. The number of hydrogen-bond acceptors (Lipinski definition) is 3. The lowest BCUT2D eigenvalue weighted by molar-refractivity contribution is -0.127. The molecular formula is C19H26N2O2. The maximum absolute atomic E-state index is 12.3. The van der Waals surface area contributed by atoms with Gasteiger partial charge < -0.3 is 9.64 Å². The normalized spacial score (nSPS) is 18.5. The fraction of sp³-hybridized carbons (Fsp3) is 0.526. The maximum Gasteiger partial charge on any atom is 0.246 e. The molecule has 0 spiro atoms. The number of ether oxygens (including phenoxy) is 1. The highest BCUT2D eigenvalue weighted by Gasteiger charge is 2.19. The van der Waals surface area contributed by atoms with Crippen molar-refractivity contribution in [1.82, 2.24) is 9.80 Å². The highest BCUT2D eigenvalue weighted by molar-refractivity contribution is 5.91. The predicted octanol–water partition coefficient (Wildman–Crippen LogP) is 2.43. The summed E-state index contributed by atoms with van der Waals surface area (Å²) in [5.74, 6) is 1.78. The fourth-order valence-corrected chi connectivity index (χ4v) is 3.25. The van der Waals surface area contributed by atoms with Gasteiger partial charge in [-0.3, -0.25) is 9.69 Å². The zero-order chi connectivity index (χ0) is 16.2. The predicted molar refractivity (Wildman–Crippen MR) is 92.5 cm³/mol. The van der Waals surface area contributed by atoms with Crippen LogP contribution in [0, 0.1) is 5.92 Å². The summed E-state index contributed by atoms with van der Waals surface area (Å²) in [4.78, 5) is 16.7. The Morgan fingerprint density at radius 1 is 1.26 bits per heavy atom. The molecule has 0 atom stereocenters. The molecule has 1 saturated heterocycles. The minimum absolute atomic E-state index is 0.117. The second-order valence-electron chi connectivity index (χ2n) is 6.82. The molecular weight excluding hydrogens is 288 g/mol. The molecule has 2 aliphatic heterocycles. The molecule has 0 aromatic heterocycles. The number of rotatable bonds is 4. The minimum atomic E-state index is 0.117. The first-order valence-electron chi connectivity index (χ1n) is 8.57. The standard InChI is InChI=1S/C19H26N2O2/c1-15(2)14-20-8-10-21(11-9-20)19(22)6-4-16-3-5-18-17(13-16)7-12-23-18/h3-6,13,15H,7-12,14H2,1-2H3/b6-4+. The molecule has 3 rings (SSSR count). The summed E-state index contributed by atoms with van der Waals surface area (Å²) >= 11 is 0. The van der Waals surface area contributed by atoms with Crippen LogP contribution >= 0.6 is 0 Å². The van der Waals surface area contributed by atoms with Crippen molar-refractivity contribution in [3.8, 4) is 5.75 Å². The van der Waals surface area contributed by atoms with Crippen molar-refractivity contribution < 1.29 is 9.53 Å². The minimum Gasteiger partial charge on any atom is -0.493 e. The lowest BCUT2D eigenvalue weighted by Gasteiger charge is -2.35. The summed E-state index contributed by atoms with van der Waals surface area (Å²) in [7, 11) is 0. The van der Waals surface area contributed by atoms with Gasteiger partial charge in [-0.1, -0.05) is 19.9 Å². The third kappa shape index (κ3) is 4.14. The SMILES string of the molecule is CC(C)CN1CCN(C(=O)/C=C/c2ccc3c(c2)CCO3)CC1. The van der Waals surface area contributed by atoms with Gasteiger partial charge in [-0.2, -0.15) is 0 Å². The van der Waals surface area contributed by atoms with Gasteiger partial charge in [-0.05, 0) is 35.3 Å². The molecule has 0 aliphatic carbocycles. The molecule has 124 valence electrons. The van der Waals surface area contributed by atoms with Gasteiger partial charge >= 0.3 is 0 Å². The molecule has 1 aromatic rings. The molecule has 4 nitrogen and oxygen atoms in total. The van der Waals surface area contributed by atoms with Gasteiger partial charge in [0.15, 0.2) is 0 Å². The van der Waals surface area contributed by atoms with Crippen LogP contribution in [0.1, 0.15) is 25.0 Å². The van der Waals surface area contributed by atoms with Crippen LogP contribution < -0.4 is 4.74 Å². The van der Waals surface area contributed by atoms with E-state index >= 15 is 0 Å². The van der Waals surface area contributed by atoms with E-state index in [4.69, 9.17) is 4.74 Å². The van der Waals surface area contributed by atoms with E-state index in [0.717, 1.165) is 57.1 Å². The lowest BCUT2D eigenvalue weighted by Crippen LogP contribution is -2.49. The Balaban J connectivity index is 1.53. The zero-order valence-electron chi connectivity index (χ0n) is 14.1. The topological polar surface area (TPSA) is 32.8 Å². The van der Waals surface area contributed by atoms with Crippen LogP contribution in [-0.2, 0) is 11.2 Å². The molecule has 0 saturated carbocycles. The highest BCUT2D eigenvalue weighted by Crippen LogP contribution is 2.26. The third-order valence-corrected chi connectivity index (χ3v) is 4.44. The average molecular weight is 314 g/mol. The van der Waals surface area contributed by atoms with Crippen LogP contribution in [0.4, 0.5) is 0 Å². The van der Waals surface area contributed by atoms with Crippen molar-refractivity contribution in [3.05, 3.63) is 35.4 Å². The Morgan fingerprint density at radius 2 is 2.04 bits per heavy atom. The van der Waals surface area contributed by atoms with Crippen molar-refractivity contribution >= 4 is 12.0 Å². The molecule has 23 heavy (non-hydrogen) atoms. The van der Waals surface area contributed by atoms with Crippen molar-refractivity contribution in [3.63, 3.8) is 0 Å². The van der Waals surface area contributed by atoms with E-state index in [1.54, 1.807) is 6.08 Å². The lowest BCUT2D eigenvalue weighted by atomic mass is 10.1. The van der Waals surface area contributed by atoms with Gasteiger partial charge in [0.05, 0.1) is 6.61 Å². The Hall–Kier alpha value is -1.81. The number of carbonyl (C=O) groups excluding carboxylic acids is 1. The third-order valence-electron chi connectivity index (χ3n) is 4.44. The van der Waals surface area contributed by atoms with Gasteiger partial charge in [0, 0.05) is 45.2 Å².